The highest BCUT2D eigenvalue weighted by Crippen LogP contribution is 2.56. The van der Waals surface area contributed by atoms with E-state index in [9.17, 15) is 10.2 Å². The SMILES string of the molecule is COC[C@H]1c2ccc(O)cc2[C@@H]2CCCC[C@@H]2[C@@H]1C1C=CC(O)=CC1. The van der Waals surface area contributed by atoms with Crippen LogP contribution in [0.4, 0.5) is 0 Å². The van der Waals surface area contributed by atoms with E-state index < -0.39 is 0 Å². The first kappa shape index (κ1) is 16.7. The summed E-state index contributed by atoms with van der Waals surface area (Å²) in [5.41, 5.74) is 2.71. The number of ether oxygens (including phenoxy) is 1. The van der Waals surface area contributed by atoms with Gasteiger partial charge in [0.05, 0.1) is 6.61 Å². The largest absolute Gasteiger partial charge is 0.508 e. The number of benzene rings is 1. The maximum Gasteiger partial charge on any atom is 0.115 e. The highest BCUT2D eigenvalue weighted by molar-refractivity contribution is 5.43. The lowest BCUT2D eigenvalue weighted by Gasteiger charge is -2.49. The van der Waals surface area contributed by atoms with E-state index >= 15 is 0 Å². The first-order valence-electron chi connectivity index (χ1n) is 9.58. The monoisotopic (exact) mass is 340 g/mol. The fraction of sp³-hybridized carbons (Fsp3) is 0.545. The molecule has 3 nitrogen and oxygen atoms in total. The van der Waals surface area contributed by atoms with Gasteiger partial charge in [0.2, 0.25) is 0 Å². The zero-order valence-electron chi connectivity index (χ0n) is 14.9. The summed E-state index contributed by atoms with van der Waals surface area (Å²) in [4.78, 5) is 0. The van der Waals surface area contributed by atoms with Gasteiger partial charge in [-0.3, -0.25) is 0 Å². The summed E-state index contributed by atoms with van der Waals surface area (Å²) < 4.78 is 5.64. The van der Waals surface area contributed by atoms with E-state index in [1.165, 1.54) is 36.8 Å². The zero-order valence-corrected chi connectivity index (χ0v) is 14.9. The Hall–Kier alpha value is -1.74. The normalized spacial score (nSPS) is 34.1. The third kappa shape index (κ3) is 2.99. The number of phenolic OH excluding ortho intramolecular Hbond substituents is 1. The Labute approximate surface area is 150 Å². The van der Waals surface area contributed by atoms with Crippen molar-refractivity contribution in [1.29, 1.82) is 0 Å². The Balaban J connectivity index is 1.78. The van der Waals surface area contributed by atoms with Crippen LogP contribution in [0.15, 0.2) is 42.2 Å². The summed E-state index contributed by atoms with van der Waals surface area (Å²) in [6.45, 7) is 0.714. The number of methoxy groups -OCH3 is 1. The van der Waals surface area contributed by atoms with Crippen molar-refractivity contribution in [3.8, 4) is 5.75 Å². The molecule has 1 aromatic carbocycles. The van der Waals surface area contributed by atoms with Gasteiger partial charge in [-0.25, -0.2) is 0 Å². The second kappa shape index (κ2) is 6.87. The van der Waals surface area contributed by atoms with Gasteiger partial charge in [0.1, 0.15) is 11.5 Å². The molecule has 0 heterocycles. The molecular formula is C22H28O3. The standard InChI is InChI=1S/C22H28O3/c1-25-13-21-18-11-10-16(24)12-20(18)17-4-2-3-5-19(17)22(21)14-6-8-15(23)9-7-14/h6,8-12,14,17,19,21-24H,2-5,7,13H2,1H3/t14?,17-,19+,21+,22+/m1/s1. The van der Waals surface area contributed by atoms with Crippen LogP contribution in [0.2, 0.25) is 0 Å². The van der Waals surface area contributed by atoms with Crippen molar-refractivity contribution >= 4 is 0 Å². The number of aliphatic hydroxyl groups excluding tert-OH is 1. The van der Waals surface area contributed by atoms with Crippen LogP contribution in [0.25, 0.3) is 0 Å². The maximum absolute atomic E-state index is 10.1. The van der Waals surface area contributed by atoms with Crippen LogP contribution in [-0.4, -0.2) is 23.9 Å². The molecule has 0 amide bonds. The van der Waals surface area contributed by atoms with E-state index in [1.54, 1.807) is 7.11 Å². The molecule has 0 aliphatic heterocycles. The number of aromatic hydroxyl groups is 1. The van der Waals surface area contributed by atoms with Crippen LogP contribution in [-0.2, 0) is 4.74 Å². The molecule has 0 bridgehead atoms. The van der Waals surface area contributed by atoms with E-state index in [4.69, 9.17) is 4.74 Å². The highest BCUT2D eigenvalue weighted by Gasteiger charge is 2.46. The fourth-order valence-corrected chi connectivity index (χ4v) is 5.64. The molecule has 1 unspecified atom stereocenters. The van der Waals surface area contributed by atoms with Crippen LogP contribution < -0.4 is 0 Å². The van der Waals surface area contributed by atoms with Crippen LogP contribution in [0.3, 0.4) is 0 Å². The first-order valence-corrected chi connectivity index (χ1v) is 9.58. The van der Waals surface area contributed by atoms with Crippen LogP contribution in [0.1, 0.15) is 55.1 Å². The third-order valence-corrected chi connectivity index (χ3v) is 6.60. The molecule has 3 aliphatic rings. The average molecular weight is 340 g/mol. The number of allylic oxidation sites excluding steroid dienone is 3. The van der Waals surface area contributed by atoms with Crippen molar-refractivity contribution in [1.82, 2.24) is 0 Å². The molecule has 134 valence electrons. The summed E-state index contributed by atoms with van der Waals surface area (Å²) in [5, 5.41) is 19.8. The molecule has 0 aromatic heterocycles. The van der Waals surface area contributed by atoms with Gasteiger partial charge < -0.3 is 14.9 Å². The van der Waals surface area contributed by atoms with E-state index in [-0.39, 0.29) is 0 Å². The average Bonchev–Trinajstić information content (AvgIpc) is 2.63. The maximum atomic E-state index is 10.1. The van der Waals surface area contributed by atoms with Crippen molar-refractivity contribution in [2.24, 2.45) is 17.8 Å². The zero-order chi connectivity index (χ0) is 17.4. The molecule has 4 rings (SSSR count). The van der Waals surface area contributed by atoms with Gasteiger partial charge in [-0.1, -0.05) is 25.0 Å². The Bertz CT molecular complexity index is 691. The number of phenols is 1. The van der Waals surface area contributed by atoms with E-state index in [1.807, 2.05) is 24.3 Å². The summed E-state index contributed by atoms with van der Waals surface area (Å²) >= 11 is 0. The van der Waals surface area contributed by atoms with Crippen molar-refractivity contribution in [2.45, 2.75) is 43.9 Å². The molecule has 1 fully saturated rings. The minimum absolute atomic E-state index is 0.350. The second-order valence-electron chi connectivity index (χ2n) is 7.89. The number of hydrogen-bond acceptors (Lipinski definition) is 3. The minimum Gasteiger partial charge on any atom is -0.508 e. The Morgan fingerprint density at radius 1 is 1.12 bits per heavy atom. The van der Waals surface area contributed by atoms with Gasteiger partial charge in [-0.2, -0.15) is 0 Å². The Morgan fingerprint density at radius 3 is 2.72 bits per heavy atom. The van der Waals surface area contributed by atoms with Crippen LogP contribution in [0, 0.1) is 17.8 Å². The first-order chi connectivity index (χ1) is 12.2. The van der Waals surface area contributed by atoms with E-state index in [0.717, 1.165) is 6.42 Å². The molecule has 25 heavy (non-hydrogen) atoms. The molecule has 3 aliphatic carbocycles. The molecule has 0 saturated heterocycles. The predicted octanol–water partition coefficient (Wildman–Crippen LogP) is 5.04. The lowest BCUT2D eigenvalue weighted by Crippen LogP contribution is -2.40. The minimum atomic E-state index is 0.350. The third-order valence-electron chi connectivity index (χ3n) is 6.60. The lowest BCUT2D eigenvalue weighted by molar-refractivity contribution is 0.0749. The van der Waals surface area contributed by atoms with Gasteiger partial charge in [-0.15, -0.1) is 0 Å². The number of hydrogen-bond donors (Lipinski definition) is 2. The van der Waals surface area contributed by atoms with Gasteiger partial charge in [0.25, 0.3) is 0 Å². The van der Waals surface area contributed by atoms with Crippen molar-refractivity contribution in [3.63, 3.8) is 0 Å². The second-order valence-corrected chi connectivity index (χ2v) is 7.89. The summed E-state index contributed by atoms with van der Waals surface area (Å²) in [6.07, 6.45) is 12.0. The highest BCUT2D eigenvalue weighted by atomic mass is 16.5. The van der Waals surface area contributed by atoms with Gasteiger partial charge in [-0.05, 0) is 78.3 Å². The van der Waals surface area contributed by atoms with E-state index in [2.05, 4.69) is 12.1 Å². The quantitative estimate of drug-likeness (QED) is 0.810. The van der Waals surface area contributed by atoms with Gasteiger partial charge >= 0.3 is 0 Å². The van der Waals surface area contributed by atoms with Crippen LogP contribution in [0.5, 0.6) is 5.75 Å². The number of fused-ring (bicyclic) bond motifs is 3. The van der Waals surface area contributed by atoms with Crippen molar-refractivity contribution < 1.29 is 14.9 Å². The van der Waals surface area contributed by atoms with Crippen LogP contribution >= 0.6 is 0 Å². The van der Waals surface area contributed by atoms with Gasteiger partial charge in [0, 0.05) is 13.0 Å². The Kier molecular flexibility index (Phi) is 4.60. The van der Waals surface area contributed by atoms with Crippen molar-refractivity contribution in [3.05, 3.63) is 53.3 Å². The molecule has 0 spiro atoms. The topological polar surface area (TPSA) is 49.7 Å². The lowest BCUT2D eigenvalue weighted by atomic mass is 9.55. The molecule has 5 atom stereocenters. The summed E-state index contributed by atoms with van der Waals surface area (Å²) in [6, 6.07) is 5.94. The molecule has 3 heteroatoms. The molecule has 0 radical (unpaired) electrons. The molecule has 1 aromatic rings. The molecule has 2 N–H and O–H groups in total. The van der Waals surface area contributed by atoms with Gasteiger partial charge in [0.15, 0.2) is 0 Å². The molecule has 1 saturated carbocycles. The smallest absolute Gasteiger partial charge is 0.115 e. The fourth-order valence-electron chi connectivity index (χ4n) is 5.64. The Morgan fingerprint density at radius 2 is 1.96 bits per heavy atom. The van der Waals surface area contributed by atoms with E-state index in [0.29, 0.717) is 47.7 Å². The predicted molar refractivity (Wildman–Crippen MR) is 98.9 cm³/mol. The summed E-state index contributed by atoms with van der Waals surface area (Å²) in [7, 11) is 1.78. The van der Waals surface area contributed by atoms with Crippen molar-refractivity contribution in [2.75, 3.05) is 13.7 Å². The number of rotatable bonds is 3. The number of aliphatic hydroxyl groups is 1. The molecular weight excluding hydrogens is 312 g/mol. The summed E-state index contributed by atoms with van der Waals surface area (Å²) in [5.74, 6) is 3.27.